The molecule has 0 bridgehead atoms. The van der Waals surface area contributed by atoms with E-state index in [0.29, 0.717) is 12.7 Å². The summed E-state index contributed by atoms with van der Waals surface area (Å²) in [7, 11) is 1.67. The molecule has 0 spiro atoms. The van der Waals surface area contributed by atoms with E-state index in [4.69, 9.17) is 19.9 Å². The second-order valence-corrected chi connectivity index (χ2v) is 5.63. The lowest BCUT2D eigenvalue weighted by atomic mass is 10.0. The molecule has 1 fully saturated rings. The summed E-state index contributed by atoms with van der Waals surface area (Å²) in [5, 5.41) is 0. The summed E-state index contributed by atoms with van der Waals surface area (Å²) >= 11 is 0. The van der Waals surface area contributed by atoms with Gasteiger partial charge in [0.25, 0.3) is 0 Å². The van der Waals surface area contributed by atoms with Gasteiger partial charge in [0.2, 0.25) is 0 Å². The van der Waals surface area contributed by atoms with Crippen molar-refractivity contribution >= 4 is 0 Å². The van der Waals surface area contributed by atoms with Crippen molar-refractivity contribution in [3.05, 3.63) is 23.8 Å². The van der Waals surface area contributed by atoms with Crippen LogP contribution in [-0.4, -0.2) is 32.5 Å². The van der Waals surface area contributed by atoms with Gasteiger partial charge in [-0.05, 0) is 43.4 Å². The van der Waals surface area contributed by atoms with Crippen molar-refractivity contribution in [3.63, 3.8) is 0 Å². The van der Waals surface area contributed by atoms with Gasteiger partial charge in [0.15, 0.2) is 11.5 Å². The molecule has 2 atom stereocenters. The van der Waals surface area contributed by atoms with E-state index in [-0.39, 0.29) is 6.04 Å². The molecule has 1 aliphatic heterocycles. The van der Waals surface area contributed by atoms with Crippen LogP contribution in [0, 0.1) is 0 Å². The average Bonchev–Trinajstić information content (AvgIpc) is 3.01. The van der Waals surface area contributed by atoms with Gasteiger partial charge in [-0.2, -0.15) is 0 Å². The van der Waals surface area contributed by atoms with Crippen LogP contribution in [0.1, 0.15) is 38.2 Å². The van der Waals surface area contributed by atoms with Crippen LogP contribution >= 0.6 is 0 Å². The van der Waals surface area contributed by atoms with Gasteiger partial charge in [-0.1, -0.05) is 13.0 Å². The molecule has 4 heteroatoms. The van der Waals surface area contributed by atoms with Crippen LogP contribution in [0.5, 0.6) is 11.5 Å². The van der Waals surface area contributed by atoms with Crippen molar-refractivity contribution in [3.8, 4) is 11.5 Å². The summed E-state index contributed by atoms with van der Waals surface area (Å²) in [6.07, 6.45) is 5.43. The minimum Gasteiger partial charge on any atom is -0.493 e. The third kappa shape index (κ3) is 4.90. The number of ether oxygens (including phenoxy) is 3. The van der Waals surface area contributed by atoms with Crippen LogP contribution in [0.4, 0.5) is 0 Å². The highest BCUT2D eigenvalue weighted by atomic mass is 16.5. The van der Waals surface area contributed by atoms with Crippen LogP contribution in [0.25, 0.3) is 0 Å². The molecule has 1 aliphatic rings. The van der Waals surface area contributed by atoms with Gasteiger partial charge in [-0.15, -0.1) is 0 Å². The molecule has 21 heavy (non-hydrogen) atoms. The number of rotatable bonds is 8. The summed E-state index contributed by atoms with van der Waals surface area (Å²) in [6.45, 7) is 3.65. The van der Waals surface area contributed by atoms with E-state index in [1.807, 2.05) is 12.1 Å². The van der Waals surface area contributed by atoms with Crippen LogP contribution in [0.15, 0.2) is 18.2 Å². The highest BCUT2D eigenvalue weighted by Crippen LogP contribution is 2.29. The summed E-state index contributed by atoms with van der Waals surface area (Å²) in [6, 6.07) is 6.25. The fourth-order valence-electron chi connectivity index (χ4n) is 2.58. The zero-order valence-electron chi connectivity index (χ0n) is 13.1. The molecule has 1 heterocycles. The van der Waals surface area contributed by atoms with E-state index in [2.05, 4.69) is 13.0 Å². The quantitative estimate of drug-likeness (QED) is 0.800. The van der Waals surface area contributed by atoms with Crippen molar-refractivity contribution in [2.45, 2.75) is 51.2 Å². The van der Waals surface area contributed by atoms with Gasteiger partial charge in [0, 0.05) is 19.1 Å². The van der Waals surface area contributed by atoms with Gasteiger partial charge >= 0.3 is 0 Å². The zero-order valence-corrected chi connectivity index (χ0v) is 13.1. The Balaban J connectivity index is 1.92. The molecule has 0 aliphatic carbocycles. The second kappa shape index (κ2) is 8.25. The smallest absolute Gasteiger partial charge is 0.161 e. The molecule has 1 aromatic rings. The lowest BCUT2D eigenvalue weighted by molar-refractivity contribution is 0.0899. The van der Waals surface area contributed by atoms with Gasteiger partial charge in [0.05, 0.1) is 19.8 Å². The Morgan fingerprint density at radius 3 is 2.90 bits per heavy atom. The van der Waals surface area contributed by atoms with E-state index in [9.17, 15) is 0 Å². The molecule has 0 radical (unpaired) electrons. The monoisotopic (exact) mass is 293 g/mol. The highest BCUT2D eigenvalue weighted by Gasteiger charge is 2.16. The van der Waals surface area contributed by atoms with E-state index in [1.54, 1.807) is 7.11 Å². The minimum atomic E-state index is 0.193. The number of hydrogen-bond acceptors (Lipinski definition) is 4. The highest BCUT2D eigenvalue weighted by molar-refractivity contribution is 5.43. The third-order valence-corrected chi connectivity index (χ3v) is 3.97. The van der Waals surface area contributed by atoms with Crippen LogP contribution in [-0.2, 0) is 11.2 Å². The second-order valence-electron chi connectivity index (χ2n) is 5.63. The van der Waals surface area contributed by atoms with Crippen LogP contribution in [0.2, 0.25) is 0 Å². The predicted molar refractivity (Wildman–Crippen MR) is 84.1 cm³/mol. The molecule has 2 N–H and O–H groups in total. The van der Waals surface area contributed by atoms with Crippen molar-refractivity contribution < 1.29 is 14.2 Å². The molecule has 0 amide bonds. The molecule has 0 aromatic heterocycles. The van der Waals surface area contributed by atoms with Gasteiger partial charge in [0.1, 0.15) is 0 Å². The zero-order chi connectivity index (χ0) is 15.1. The SMILES string of the molecule is CCC(N)Cc1ccc(OC)c(OCCC2CCCO2)c1. The maximum absolute atomic E-state index is 6.02. The Morgan fingerprint density at radius 2 is 2.24 bits per heavy atom. The minimum absolute atomic E-state index is 0.193. The largest absolute Gasteiger partial charge is 0.493 e. The van der Waals surface area contributed by atoms with Crippen molar-refractivity contribution in [2.75, 3.05) is 20.3 Å². The summed E-state index contributed by atoms with van der Waals surface area (Å²) < 4.78 is 16.9. The summed E-state index contributed by atoms with van der Waals surface area (Å²) in [5.41, 5.74) is 7.21. The average molecular weight is 293 g/mol. The van der Waals surface area contributed by atoms with E-state index in [0.717, 1.165) is 43.8 Å². The van der Waals surface area contributed by atoms with Gasteiger partial charge in [-0.25, -0.2) is 0 Å². The van der Waals surface area contributed by atoms with E-state index >= 15 is 0 Å². The fraction of sp³-hybridized carbons (Fsp3) is 0.647. The van der Waals surface area contributed by atoms with Gasteiger partial charge < -0.3 is 19.9 Å². The standard InChI is InChI=1S/C17H27NO3/c1-3-14(18)11-13-6-7-16(19-2)17(12-13)21-10-8-15-5-4-9-20-15/h6-7,12,14-15H,3-5,8-11,18H2,1-2H3. The number of methoxy groups -OCH3 is 1. The fourth-order valence-corrected chi connectivity index (χ4v) is 2.58. The molecule has 2 unspecified atom stereocenters. The molecule has 1 saturated heterocycles. The summed E-state index contributed by atoms with van der Waals surface area (Å²) in [5.74, 6) is 1.58. The summed E-state index contributed by atoms with van der Waals surface area (Å²) in [4.78, 5) is 0. The normalized spacial score (nSPS) is 19.5. The third-order valence-electron chi connectivity index (χ3n) is 3.97. The first-order chi connectivity index (χ1) is 10.2. The molecule has 2 rings (SSSR count). The van der Waals surface area contributed by atoms with E-state index < -0.39 is 0 Å². The van der Waals surface area contributed by atoms with Crippen molar-refractivity contribution in [1.29, 1.82) is 0 Å². The van der Waals surface area contributed by atoms with Crippen LogP contribution < -0.4 is 15.2 Å². The van der Waals surface area contributed by atoms with Crippen molar-refractivity contribution in [1.82, 2.24) is 0 Å². The predicted octanol–water partition coefficient (Wildman–Crippen LogP) is 2.92. The van der Waals surface area contributed by atoms with Gasteiger partial charge in [-0.3, -0.25) is 0 Å². The number of benzene rings is 1. The molecule has 1 aromatic carbocycles. The Bertz CT molecular complexity index is 430. The Morgan fingerprint density at radius 1 is 1.38 bits per heavy atom. The number of nitrogens with two attached hydrogens (primary N) is 1. The first-order valence-corrected chi connectivity index (χ1v) is 7.89. The first kappa shape index (κ1) is 16.1. The number of hydrogen-bond donors (Lipinski definition) is 1. The molecule has 4 nitrogen and oxygen atoms in total. The molecular formula is C17H27NO3. The lowest BCUT2D eigenvalue weighted by Crippen LogP contribution is -2.21. The maximum Gasteiger partial charge on any atom is 0.161 e. The lowest BCUT2D eigenvalue weighted by Gasteiger charge is -2.15. The topological polar surface area (TPSA) is 53.7 Å². The van der Waals surface area contributed by atoms with Crippen LogP contribution in [0.3, 0.4) is 0 Å². The Labute approximate surface area is 127 Å². The van der Waals surface area contributed by atoms with Crippen molar-refractivity contribution in [2.24, 2.45) is 5.73 Å². The molecule has 118 valence electrons. The first-order valence-electron chi connectivity index (χ1n) is 7.89. The Kier molecular flexibility index (Phi) is 6.33. The van der Waals surface area contributed by atoms with E-state index in [1.165, 1.54) is 12.0 Å². The maximum atomic E-state index is 6.02. The molecule has 0 saturated carbocycles. The Hall–Kier alpha value is -1.26. The molecular weight excluding hydrogens is 266 g/mol.